The molecule has 0 N–H and O–H groups in total. The molecule has 1 rings (SSSR count). The number of aliphatic imine (C=N–C) groups is 2. The molecular formula is C31H60N2O6Si2. The van der Waals surface area contributed by atoms with Crippen LogP contribution in [0.25, 0.3) is 0 Å². The molecule has 1 aromatic rings. The van der Waals surface area contributed by atoms with Crippen molar-refractivity contribution < 1.29 is 26.6 Å². The fraction of sp³-hybridized carbons (Fsp3) is 0.742. The molecule has 0 spiro atoms. The molecule has 0 aliphatic heterocycles. The Balaban J connectivity index is 0.000000782. The van der Waals surface area contributed by atoms with Gasteiger partial charge >= 0.3 is 17.6 Å². The van der Waals surface area contributed by atoms with E-state index in [0.29, 0.717) is 45.6 Å². The summed E-state index contributed by atoms with van der Waals surface area (Å²) in [5, 5.41) is 0. The minimum Gasteiger partial charge on any atom is -0.374 e. The first kappa shape index (κ1) is 39.8. The highest BCUT2D eigenvalue weighted by Crippen LogP contribution is 2.19. The lowest BCUT2D eigenvalue weighted by atomic mass is 10.1. The van der Waals surface area contributed by atoms with Crippen LogP contribution in [0.15, 0.2) is 40.3 Å². The first-order valence-corrected chi connectivity index (χ1v) is 19.5. The zero-order valence-electron chi connectivity index (χ0n) is 27.6. The van der Waals surface area contributed by atoms with E-state index in [1.165, 1.54) is 5.71 Å². The topological polar surface area (TPSA) is 80.1 Å². The van der Waals surface area contributed by atoms with E-state index in [9.17, 15) is 0 Å². The average molecular weight is 613 g/mol. The third-order valence-electron chi connectivity index (χ3n) is 5.72. The van der Waals surface area contributed by atoms with E-state index in [-0.39, 0.29) is 0 Å². The third kappa shape index (κ3) is 19.5. The zero-order valence-corrected chi connectivity index (χ0v) is 29.6. The Bertz CT molecular complexity index is 762. The predicted molar refractivity (Wildman–Crippen MR) is 176 cm³/mol. The summed E-state index contributed by atoms with van der Waals surface area (Å²) >= 11 is 0. The van der Waals surface area contributed by atoms with E-state index >= 15 is 0 Å². The van der Waals surface area contributed by atoms with Gasteiger partial charge in [-0.2, -0.15) is 0 Å². The van der Waals surface area contributed by atoms with Crippen molar-refractivity contribution in [1.82, 2.24) is 0 Å². The van der Waals surface area contributed by atoms with Crippen molar-refractivity contribution in [3.63, 3.8) is 0 Å². The Labute approximate surface area is 254 Å². The minimum absolute atomic E-state index is 0.625. The number of benzene rings is 1. The number of hydrogen-bond donors (Lipinski definition) is 0. The fourth-order valence-electron chi connectivity index (χ4n) is 4.32. The molecule has 0 saturated heterocycles. The van der Waals surface area contributed by atoms with Crippen molar-refractivity contribution in [1.29, 1.82) is 0 Å². The van der Waals surface area contributed by atoms with Crippen LogP contribution in [0.4, 0.5) is 0 Å². The third-order valence-corrected chi connectivity index (χ3v) is 12.0. The second-order valence-corrected chi connectivity index (χ2v) is 15.3. The summed E-state index contributed by atoms with van der Waals surface area (Å²) < 4.78 is 34.9. The molecular weight excluding hydrogens is 553 g/mol. The second-order valence-electron chi connectivity index (χ2n) is 9.83. The van der Waals surface area contributed by atoms with Crippen LogP contribution < -0.4 is 0 Å². The Hall–Kier alpha value is -1.25. The Kier molecular flexibility index (Phi) is 24.5. The van der Waals surface area contributed by atoms with Crippen LogP contribution in [-0.4, -0.2) is 82.3 Å². The van der Waals surface area contributed by atoms with Crippen LogP contribution in [-0.2, 0) is 26.6 Å². The summed E-state index contributed by atoms with van der Waals surface area (Å²) in [7, 11) is -4.97. The maximum Gasteiger partial charge on any atom is 0.500 e. The quantitative estimate of drug-likeness (QED) is 0.0724. The van der Waals surface area contributed by atoms with Gasteiger partial charge in [-0.1, -0.05) is 44.2 Å². The maximum atomic E-state index is 5.83. The first-order valence-electron chi connectivity index (χ1n) is 15.6. The molecule has 0 saturated carbocycles. The molecule has 0 heterocycles. The highest BCUT2D eigenvalue weighted by Gasteiger charge is 2.40. The molecule has 0 amide bonds. The van der Waals surface area contributed by atoms with Crippen LogP contribution in [0.5, 0.6) is 0 Å². The fourth-order valence-corrected chi connectivity index (χ4v) is 9.51. The molecule has 0 bridgehead atoms. The van der Waals surface area contributed by atoms with Gasteiger partial charge in [-0.3, -0.25) is 9.98 Å². The van der Waals surface area contributed by atoms with Gasteiger partial charge in [0.2, 0.25) is 0 Å². The van der Waals surface area contributed by atoms with Gasteiger partial charge in [0, 0.05) is 76.7 Å². The van der Waals surface area contributed by atoms with Gasteiger partial charge in [-0.15, -0.1) is 0 Å². The van der Waals surface area contributed by atoms with Gasteiger partial charge in [0.1, 0.15) is 0 Å². The minimum atomic E-state index is -2.50. The summed E-state index contributed by atoms with van der Waals surface area (Å²) in [5.41, 5.74) is 2.36. The summed E-state index contributed by atoms with van der Waals surface area (Å²) in [6.07, 6.45) is 4.85. The number of nitrogens with zero attached hydrogens (tertiary/aromatic N) is 2. The van der Waals surface area contributed by atoms with E-state index in [2.05, 4.69) is 30.8 Å². The molecule has 0 aliphatic carbocycles. The molecule has 1 aromatic carbocycles. The van der Waals surface area contributed by atoms with Crippen molar-refractivity contribution in [2.75, 3.05) is 52.7 Å². The van der Waals surface area contributed by atoms with E-state index in [0.717, 1.165) is 50.0 Å². The normalized spacial score (nSPS) is 12.7. The van der Waals surface area contributed by atoms with E-state index in [1.807, 2.05) is 78.1 Å². The predicted octanol–water partition coefficient (Wildman–Crippen LogP) is 7.48. The van der Waals surface area contributed by atoms with Crippen LogP contribution in [0.2, 0.25) is 12.1 Å². The largest absolute Gasteiger partial charge is 0.500 e. The van der Waals surface area contributed by atoms with E-state index in [1.54, 1.807) is 0 Å². The van der Waals surface area contributed by atoms with Gasteiger partial charge in [0.05, 0.1) is 0 Å². The second kappa shape index (κ2) is 25.3. The molecule has 0 atom stereocenters. The van der Waals surface area contributed by atoms with Crippen molar-refractivity contribution in [2.24, 2.45) is 15.9 Å². The number of hydrogen-bond acceptors (Lipinski definition) is 8. The van der Waals surface area contributed by atoms with Crippen LogP contribution >= 0.6 is 0 Å². The zero-order chi connectivity index (χ0) is 30.8. The van der Waals surface area contributed by atoms with Crippen LogP contribution in [0.1, 0.15) is 87.1 Å². The highest BCUT2D eigenvalue weighted by atomic mass is 28.4. The van der Waals surface area contributed by atoms with Gasteiger partial charge in [-0.05, 0) is 79.2 Å². The first-order chi connectivity index (χ1) is 19.8. The van der Waals surface area contributed by atoms with Crippen molar-refractivity contribution in [3.05, 3.63) is 35.9 Å². The lowest BCUT2D eigenvalue weighted by Gasteiger charge is -2.28. The van der Waals surface area contributed by atoms with Gasteiger partial charge in [0.25, 0.3) is 0 Å². The summed E-state index contributed by atoms with van der Waals surface area (Å²) in [4.78, 5) is 9.08. The summed E-state index contributed by atoms with van der Waals surface area (Å²) in [6.45, 7) is 23.8. The standard InChI is InChI=1S/C16H27NO3Si.C15H33NO3Si/c1-4-18-21(19-5-2,20-6-3)14-10-13-17-15-16-11-8-7-9-12-16;1-7-17-20(18-8-2,19-9-3)12-10-11-16-15(6)13-14(4)5/h7-9,11-12,15H,4-6,10,13-14H2,1-3H3;14H,7-13H2,1-6H3. The Morgan fingerprint density at radius 2 is 1.10 bits per heavy atom. The van der Waals surface area contributed by atoms with Crippen molar-refractivity contribution in [2.45, 2.75) is 93.7 Å². The van der Waals surface area contributed by atoms with Crippen LogP contribution in [0.3, 0.4) is 0 Å². The van der Waals surface area contributed by atoms with Crippen LogP contribution in [0, 0.1) is 5.92 Å². The van der Waals surface area contributed by atoms with Crippen molar-refractivity contribution >= 4 is 29.5 Å². The lowest BCUT2D eigenvalue weighted by Crippen LogP contribution is -2.46. The molecule has 0 fully saturated rings. The molecule has 0 aliphatic rings. The number of rotatable bonds is 23. The van der Waals surface area contributed by atoms with Gasteiger partial charge < -0.3 is 26.6 Å². The molecule has 0 radical (unpaired) electrons. The smallest absolute Gasteiger partial charge is 0.374 e. The lowest BCUT2D eigenvalue weighted by molar-refractivity contribution is 0.0702. The molecule has 0 aromatic heterocycles. The monoisotopic (exact) mass is 612 g/mol. The molecule has 10 heteroatoms. The van der Waals surface area contributed by atoms with E-state index in [4.69, 9.17) is 26.6 Å². The molecule has 0 unspecified atom stereocenters. The molecule has 238 valence electrons. The molecule has 41 heavy (non-hydrogen) atoms. The molecule has 8 nitrogen and oxygen atoms in total. The van der Waals surface area contributed by atoms with Gasteiger partial charge in [-0.25, -0.2) is 0 Å². The average Bonchev–Trinajstić information content (AvgIpc) is 2.92. The van der Waals surface area contributed by atoms with E-state index < -0.39 is 17.6 Å². The van der Waals surface area contributed by atoms with Crippen molar-refractivity contribution in [3.8, 4) is 0 Å². The Morgan fingerprint density at radius 3 is 1.49 bits per heavy atom. The summed E-state index contributed by atoms with van der Waals surface area (Å²) in [6, 6.07) is 11.8. The summed E-state index contributed by atoms with van der Waals surface area (Å²) in [5.74, 6) is 0.669. The van der Waals surface area contributed by atoms with Gasteiger partial charge in [0.15, 0.2) is 0 Å². The maximum absolute atomic E-state index is 5.83. The SMILES string of the molecule is CCO[Si](CCCN=C(C)CC(C)C)(OCC)OCC.CCO[Si](CCCN=Cc1ccccc1)(OCC)OCC. The highest BCUT2D eigenvalue weighted by molar-refractivity contribution is 6.61. The Morgan fingerprint density at radius 1 is 0.683 bits per heavy atom.